The summed E-state index contributed by atoms with van der Waals surface area (Å²) in [6.07, 6.45) is 3.25. The van der Waals surface area contributed by atoms with Gasteiger partial charge >= 0.3 is 0 Å². The van der Waals surface area contributed by atoms with Gasteiger partial charge < -0.3 is 9.88 Å². The molecule has 2 rings (SSSR count). The lowest BCUT2D eigenvalue weighted by Gasteiger charge is -2.23. The van der Waals surface area contributed by atoms with Crippen LogP contribution in [0.4, 0.5) is 11.6 Å². The van der Waals surface area contributed by atoms with Gasteiger partial charge in [-0.1, -0.05) is 39.0 Å². The molecule has 0 amide bonds. The van der Waals surface area contributed by atoms with Gasteiger partial charge in [0.2, 0.25) is 5.95 Å². The van der Waals surface area contributed by atoms with E-state index in [4.69, 9.17) is 0 Å². The maximum Gasteiger partial charge on any atom is 0.207 e. The van der Waals surface area contributed by atoms with Crippen LogP contribution in [-0.4, -0.2) is 9.55 Å². The van der Waals surface area contributed by atoms with Crippen molar-refractivity contribution in [3.05, 3.63) is 42.2 Å². The second kappa shape index (κ2) is 5.91. The number of para-hydroxylation sites is 1. The Labute approximate surface area is 115 Å². The zero-order valence-corrected chi connectivity index (χ0v) is 12.2. The van der Waals surface area contributed by atoms with Gasteiger partial charge in [0, 0.05) is 17.9 Å². The second-order valence-electron chi connectivity index (χ2n) is 5.32. The number of imidazole rings is 1. The van der Waals surface area contributed by atoms with Crippen LogP contribution in [0.15, 0.2) is 36.5 Å². The van der Waals surface area contributed by atoms with Crippen molar-refractivity contribution in [3.8, 4) is 0 Å². The minimum absolute atomic E-state index is 0.479. The third-order valence-corrected chi connectivity index (χ3v) is 3.43. The van der Waals surface area contributed by atoms with E-state index >= 15 is 0 Å². The number of aryl methyl sites for hydroxylation is 1. The topological polar surface area (TPSA) is 29.9 Å². The summed E-state index contributed by atoms with van der Waals surface area (Å²) in [5.41, 5.74) is 2.13. The van der Waals surface area contributed by atoms with Crippen LogP contribution in [0.25, 0.3) is 0 Å². The summed E-state index contributed by atoms with van der Waals surface area (Å²) in [4.78, 5) is 4.61. The summed E-state index contributed by atoms with van der Waals surface area (Å²) >= 11 is 0. The molecule has 0 spiro atoms. The summed E-state index contributed by atoms with van der Waals surface area (Å²) in [5.74, 6) is 1.53. The van der Waals surface area contributed by atoms with E-state index in [0.29, 0.717) is 12.0 Å². The average molecular weight is 257 g/mol. The van der Waals surface area contributed by atoms with Gasteiger partial charge in [0.15, 0.2) is 0 Å². The fraction of sp³-hybridized carbons (Fsp3) is 0.438. The van der Waals surface area contributed by atoms with E-state index < -0.39 is 0 Å². The molecule has 19 heavy (non-hydrogen) atoms. The number of hydrogen-bond acceptors (Lipinski definition) is 2. The Kier molecular flexibility index (Phi) is 4.25. The highest BCUT2D eigenvalue weighted by Crippen LogP contribution is 2.27. The summed E-state index contributed by atoms with van der Waals surface area (Å²) in [5, 5.41) is 3.41. The normalized spacial score (nSPS) is 12.7. The van der Waals surface area contributed by atoms with Crippen molar-refractivity contribution in [2.24, 2.45) is 5.92 Å². The molecule has 0 aliphatic rings. The molecule has 1 heterocycles. The molecule has 102 valence electrons. The quantitative estimate of drug-likeness (QED) is 0.852. The Bertz CT molecular complexity index is 514. The highest BCUT2D eigenvalue weighted by molar-refractivity contribution is 5.53. The molecule has 0 aliphatic carbocycles. The molecule has 1 aromatic carbocycles. The lowest BCUT2D eigenvalue weighted by Crippen LogP contribution is -2.15. The number of benzene rings is 1. The fourth-order valence-corrected chi connectivity index (χ4v) is 2.50. The van der Waals surface area contributed by atoms with Crippen molar-refractivity contribution in [2.75, 3.05) is 5.32 Å². The molecule has 0 aliphatic heterocycles. The number of anilines is 2. The minimum Gasteiger partial charge on any atom is -0.326 e. The van der Waals surface area contributed by atoms with Gasteiger partial charge in [-0.05, 0) is 31.4 Å². The molecule has 1 N–H and O–H groups in total. The first-order chi connectivity index (χ1) is 9.11. The molecule has 3 nitrogen and oxygen atoms in total. The lowest BCUT2D eigenvalue weighted by molar-refractivity contribution is 0.369. The standard InChI is InChI=1S/C16H23N3/c1-5-15(12(2)3)19-11-13(4)17-16(19)18-14-9-7-6-8-10-14/h6-12,15H,5H2,1-4H3,(H,17,18). The second-order valence-corrected chi connectivity index (χ2v) is 5.32. The van der Waals surface area contributed by atoms with Gasteiger partial charge in [-0.2, -0.15) is 0 Å². The number of rotatable bonds is 5. The van der Waals surface area contributed by atoms with Crippen molar-refractivity contribution in [1.82, 2.24) is 9.55 Å². The zero-order valence-electron chi connectivity index (χ0n) is 12.2. The van der Waals surface area contributed by atoms with Crippen molar-refractivity contribution in [3.63, 3.8) is 0 Å². The van der Waals surface area contributed by atoms with Crippen molar-refractivity contribution < 1.29 is 0 Å². The van der Waals surface area contributed by atoms with Crippen LogP contribution >= 0.6 is 0 Å². The van der Waals surface area contributed by atoms with Crippen LogP contribution < -0.4 is 5.32 Å². The predicted octanol–water partition coefficient (Wildman–Crippen LogP) is 4.54. The van der Waals surface area contributed by atoms with Crippen LogP contribution in [0.5, 0.6) is 0 Å². The Morgan fingerprint density at radius 1 is 1.21 bits per heavy atom. The maximum atomic E-state index is 4.61. The first-order valence-electron chi connectivity index (χ1n) is 6.99. The summed E-state index contributed by atoms with van der Waals surface area (Å²) in [6.45, 7) is 8.79. The van der Waals surface area contributed by atoms with Crippen molar-refractivity contribution >= 4 is 11.6 Å². The first-order valence-corrected chi connectivity index (χ1v) is 6.99. The smallest absolute Gasteiger partial charge is 0.207 e. The average Bonchev–Trinajstić information content (AvgIpc) is 2.72. The molecule has 1 aromatic heterocycles. The molecular formula is C16H23N3. The van der Waals surface area contributed by atoms with Gasteiger partial charge in [-0.15, -0.1) is 0 Å². The third-order valence-electron chi connectivity index (χ3n) is 3.43. The van der Waals surface area contributed by atoms with Crippen LogP contribution in [-0.2, 0) is 0 Å². The summed E-state index contributed by atoms with van der Waals surface area (Å²) < 4.78 is 2.27. The summed E-state index contributed by atoms with van der Waals surface area (Å²) in [6, 6.07) is 10.7. The van der Waals surface area contributed by atoms with E-state index in [-0.39, 0.29) is 0 Å². The number of aromatic nitrogens is 2. The highest BCUT2D eigenvalue weighted by atomic mass is 15.2. The van der Waals surface area contributed by atoms with E-state index in [9.17, 15) is 0 Å². The van der Waals surface area contributed by atoms with E-state index in [2.05, 4.69) is 54.0 Å². The van der Waals surface area contributed by atoms with E-state index in [0.717, 1.165) is 23.8 Å². The van der Waals surface area contributed by atoms with Gasteiger partial charge in [-0.25, -0.2) is 4.98 Å². The van der Waals surface area contributed by atoms with Crippen molar-refractivity contribution in [2.45, 2.75) is 40.2 Å². The zero-order chi connectivity index (χ0) is 13.8. The largest absolute Gasteiger partial charge is 0.326 e. The Balaban J connectivity index is 2.30. The predicted molar refractivity (Wildman–Crippen MR) is 80.9 cm³/mol. The van der Waals surface area contributed by atoms with Crippen LogP contribution in [0.3, 0.4) is 0 Å². The van der Waals surface area contributed by atoms with Crippen LogP contribution in [0.2, 0.25) is 0 Å². The van der Waals surface area contributed by atoms with Gasteiger partial charge in [0.05, 0.1) is 5.69 Å². The Morgan fingerprint density at radius 3 is 2.47 bits per heavy atom. The monoisotopic (exact) mass is 257 g/mol. The molecule has 0 bridgehead atoms. The van der Waals surface area contributed by atoms with Gasteiger partial charge in [-0.3, -0.25) is 0 Å². The highest BCUT2D eigenvalue weighted by Gasteiger charge is 2.17. The van der Waals surface area contributed by atoms with Crippen LogP contribution in [0, 0.1) is 12.8 Å². The maximum absolute atomic E-state index is 4.61. The number of hydrogen-bond donors (Lipinski definition) is 1. The van der Waals surface area contributed by atoms with Gasteiger partial charge in [0.25, 0.3) is 0 Å². The Hall–Kier alpha value is -1.77. The number of nitrogens with zero attached hydrogens (tertiary/aromatic N) is 2. The molecule has 0 saturated carbocycles. The van der Waals surface area contributed by atoms with E-state index in [1.807, 2.05) is 25.1 Å². The molecule has 0 saturated heterocycles. The molecule has 3 heteroatoms. The molecule has 0 fully saturated rings. The van der Waals surface area contributed by atoms with E-state index in [1.54, 1.807) is 0 Å². The molecule has 1 atom stereocenters. The molecule has 0 radical (unpaired) electrons. The molecule has 2 aromatic rings. The molecular weight excluding hydrogens is 234 g/mol. The lowest BCUT2D eigenvalue weighted by atomic mass is 10.0. The third kappa shape index (κ3) is 3.16. The SMILES string of the molecule is CCC(C(C)C)n1cc(C)nc1Nc1ccccc1. The Morgan fingerprint density at radius 2 is 1.89 bits per heavy atom. The van der Waals surface area contributed by atoms with Crippen LogP contribution in [0.1, 0.15) is 38.9 Å². The number of nitrogens with one attached hydrogen (secondary N) is 1. The van der Waals surface area contributed by atoms with Gasteiger partial charge in [0.1, 0.15) is 0 Å². The minimum atomic E-state index is 0.479. The van der Waals surface area contributed by atoms with E-state index in [1.165, 1.54) is 0 Å². The fourth-order valence-electron chi connectivity index (χ4n) is 2.50. The molecule has 1 unspecified atom stereocenters. The first kappa shape index (κ1) is 13.7. The van der Waals surface area contributed by atoms with Crippen molar-refractivity contribution in [1.29, 1.82) is 0 Å². The summed E-state index contributed by atoms with van der Waals surface area (Å²) in [7, 11) is 0.